The van der Waals surface area contributed by atoms with Crippen LogP contribution < -0.4 is 10.1 Å². The van der Waals surface area contributed by atoms with Crippen LogP contribution in [0, 0.1) is 5.82 Å². The molecular weight excluding hydrogens is 353 g/mol. The van der Waals surface area contributed by atoms with Crippen molar-refractivity contribution in [2.75, 3.05) is 19.9 Å². The summed E-state index contributed by atoms with van der Waals surface area (Å²) in [6, 6.07) is 13.3. The summed E-state index contributed by atoms with van der Waals surface area (Å²) >= 11 is 5.20. The van der Waals surface area contributed by atoms with E-state index in [1.807, 2.05) is 25.2 Å². The lowest BCUT2D eigenvalue weighted by Gasteiger charge is -2.17. The monoisotopic (exact) mass is 369 g/mol. The topological polar surface area (TPSA) is 21.3 Å². The summed E-state index contributed by atoms with van der Waals surface area (Å²) in [6.07, 6.45) is 0. The first kappa shape index (κ1) is 16.3. The third kappa shape index (κ3) is 4.46. The third-order valence-corrected chi connectivity index (χ3v) is 4.72. The Morgan fingerprint density at radius 1 is 1.29 bits per heavy atom. The van der Waals surface area contributed by atoms with Crippen molar-refractivity contribution in [2.24, 2.45) is 0 Å². The Labute approximate surface area is 137 Å². The Bertz CT molecular complexity index is 609. The Balaban J connectivity index is 2.07. The SMILES string of the molecule is CNC(CSc1cccc(Br)c1)c1ccc(OC)c(F)c1. The summed E-state index contributed by atoms with van der Waals surface area (Å²) in [6.45, 7) is 0. The minimum absolute atomic E-state index is 0.0781. The van der Waals surface area contributed by atoms with Crippen molar-refractivity contribution in [3.8, 4) is 5.75 Å². The lowest BCUT2D eigenvalue weighted by atomic mass is 10.1. The number of ether oxygens (including phenoxy) is 1. The number of hydrogen-bond acceptors (Lipinski definition) is 3. The molecule has 5 heteroatoms. The summed E-state index contributed by atoms with van der Waals surface area (Å²) < 4.78 is 19.8. The first-order valence-corrected chi connectivity index (χ1v) is 8.31. The molecule has 2 aromatic carbocycles. The molecule has 0 spiro atoms. The number of halogens is 2. The van der Waals surface area contributed by atoms with Gasteiger partial charge in [-0.25, -0.2) is 4.39 Å². The van der Waals surface area contributed by atoms with Crippen LogP contribution in [0.4, 0.5) is 4.39 Å². The third-order valence-electron chi connectivity index (χ3n) is 3.14. The van der Waals surface area contributed by atoms with Crippen LogP contribution in [-0.2, 0) is 0 Å². The predicted molar refractivity (Wildman–Crippen MR) is 89.6 cm³/mol. The van der Waals surface area contributed by atoms with Crippen LogP contribution in [0.2, 0.25) is 0 Å². The predicted octanol–water partition coefficient (Wildman–Crippen LogP) is 4.65. The van der Waals surface area contributed by atoms with E-state index in [1.165, 1.54) is 18.1 Å². The van der Waals surface area contributed by atoms with Gasteiger partial charge in [0, 0.05) is 21.2 Å². The van der Waals surface area contributed by atoms with Crippen molar-refractivity contribution in [1.82, 2.24) is 5.32 Å². The van der Waals surface area contributed by atoms with Gasteiger partial charge in [-0.15, -0.1) is 11.8 Å². The van der Waals surface area contributed by atoms with Crippen molar-refractivity contribution in [3.63, 3.8) is 0 Å². The van der Waals surface area contributed by atoms with Crippen molar-refractivity contribution in [3.05, 3.63) is 58.3 Å². The largest absolute Gasteiger partial charge is 0.494 e. The van der Waals surface area contributed by atoms with Gasteiger partial charge in [0.15, 0.2) is 11.6 Å². The van der Waals surface area contributed by atoms with Crippen molar-refractivity contribution >= 4 is 27.7 Å². The Hall–Kier alpha value is -1.04. The van der Waals surface area contributed by atoms with Crippen molar-refractivity contribution < 1.29 is 9.13 Å². The van der Waals surface area contributed by atoms with E-state index in [2.05, 4.69) is 33.4 Å². The van der Waals surface area contributed by atoms with E-state index < -0.39 is 0 Å². The first-order valence-electron chi connectivity index (χ1n) is 6.53. The van der Waals surface area contributed by atoms with E-state index in [4.69, 9.17) is 4.74 Å². The molecule has 0 amide bonds. The van der Waals surface area contributed by atoms with Gasteiger partial charge in [-0.1, -0.05) is 28.1 Å². The summed E-state index contributed by atoms with van der Waals surface area (Å²) in [5.41, 5.74) is 0.915. The molecule has 0 aliphatic heterocycles. The highest BCUT2D eigenvalue weighted by Crippen LogP contribution is 2.28. The molecule has 1 N–H and O–H groups in total. The average molecular weight is 370 g/mol. The van der Waals surface area contributed by atoms with Crippen molar-refractivity contribution in [1.29, 1.82) is 0 Å². The minimum Gasteiger partial charge on any atom is -0.494 e. The minimum atomic E-state index is -0.331. The highest BCUT2D eigenvalue weighted by molar-refractivity contribution is 9.10. The van der Waals surface area contributed by atoms with Gasteiger partial charge in [0.2, 0.25) is 0 Å². The van der Waals surface area contributed by atoms with Gasteiger partial charge in [-0.3, -0.25) is 0 Å². The van der Waals surface area contributed by atoms with Gasteiger partial charge in [-0.05, 0) is 42.9 Å². The van der Waals surface area contributed by atoms with Crippen LogP contribution in [0.1, 0.15) is 11.6 Å². The molecule has 1 atom stereocenters. The highest BCUT2D eigenvalue weighted by Gasteiger charge is 2.13. The molecule has 0 saturated carbocycles. The van der Waals surface area contributed by atoms with Crippen LogP contribution in [0.3, 0.4) is 0 Å². The molecule has 112 valence electrons. The first-order chi connectivity index (χ1) is 10.1. The van der Waals surface area contributed by atoms with Gasteiger partial charge in [0.05, 0.1) is 7.11 Å². The molecule has 0 bridgehead atoms. The van der Waals surface area contributed by atoms with E-state index in [1.54, 1.807) is 17.8 Å². The molecule has 0 heterocycles. The van der Waals surface area contributed by atoms with Crippen LogP contribution in [0.5, 0.6) is 5.75 Å². The molecule has 2 aromatic rings. The van der Waals surface area contributed by atoms with E-state index in [0.29, 0.717) is 0 Å². The number of thioether (sulfide) groups is 1. The fraction of sp³-hybridized carbons (Fsp3) is 0.250. The molecule has 1 unspecified atom stereocenters. The maximum atomic E-state index is 13.8. The molecule has 0 saturated heterocycles. The number of nitrogens with one attached hydrogen (secondary N) is 1. The Kier molecular flexibility index (Phi) is 6.08. The Morgan fingerprint density at radius 2 is 2.10 bits per heavy atom. The molecule has 0 fully saturated rings. The van der Waals surface area contributed by atoms with Crippen LogP contribution in [0.25, 0.3) is 0 Å². The van der Waals surface area contributed by atoms with Crippen LogP contribution in [-0.4, -0.2) is 19.9 Å². The fourth-order valence-corrected chi connectivity index (χ4v) is 3.64. The summed E-state index contributed by atoms with van der Waals surface area (Å²) in [5.74, 6) is 0.759. The normalized spacial score (nSPS) is 12.2. The van der Waals surface area contributed by atoms with Gasteiger partial charge in [0.25, 0.3) is 0 Å². The number of rotatable bonds is 6. The maximum absolute atomic E-state index is 13.8. The second kappa shape index (κ2) is 7.82. The molecule has 0 aromatic heterocycles. The maximum Gasteiger partial charge on any atom is 0.165 e. The second-order valence-corrected chi connectivity index (χ2v) is 6.51. The fourth-order valence-electron chi connectivity index (χ4n) is 1.98. The summed E-state index contributed by atoms with van der Waals surface area (Å²) in [4.78, 5) is 1.18. The molecule has 2 nitrogen and oxygen atoms in total. The lowest BCUT2D eigenvalue weighted by Crippen LogP contribution is -2.18. The molecule has 21 heavy (non-hydrogen) atoms. The quantitative estimate of drug-likeness (QED) is 0.748. The Morgan fingerprint density at radius 3 is 2.71 bits per heavy atom. The van der Waals surface area contributed by atoms with Crippen LogP contribution in [0.15, 0.2) is 51.8 Å². The molecule has 0 radical (unpaired) electrons. The summed E-state index contributed by atoms with van der Waals surface area (Å²) in [7, 11) is 3.35. The summed E-state index contributed by atoms with van der Waals surface area (Å²) in [5, 5.41) is 3.23. The van der Waals surface area contributed by atoms with Gasteiger partial charge in [0.1, 0.15) is 0 Å². The lowest BCUT2D eigenvalue weighted by molar-refractivity contribution is 0.385. The van der Waals surface area contributed by atoms with Gasteiger partial charge >= 0.3 is 0 Å². The standard InChI is InChI=1S/C16H17BrFNOS/c1-19-15(10-21-13-5-3-4-12(17)9-13)11-6-7-16(20-2)14(18)8-11/h3-9,15,19H,10H2,1-2H3. The molecular formula is C16H17BrFNOS. The van der Waals surface area contributed by atoms with Crippen molar-refractivity contribution in [2.45, 2.75) is 10.9 Å². The zero-order valence-electron chi connectivity index (χ0n) is 11.9. The smallest absolute Gasteiger partial charge is 0.165 e. The highest BCUT2D eigenvalue weighted by atomic mass is 79.9. The number of benzene rings is 2. The average Bonchev–Trinajstić information content (AvgIpc) is 2.48. The van der Waals surface area contributed by atoms with Gasteiger partial charge < -0.3 is 10.1 Å². The number of methoxy groups -OCH3 is 1. The second-order valence-electron chi connectivity index (χ2n) is 4.50. The molecule has 0 aliphatic carbocycles. The van der Waals surface area contributed by atoms with E-state index in [-0.39, 0.29) is 17.6 Å². The van der Waals surface area contributed by atoms with E-state index in [9.17, 15) is 4.39 Å². The molecule has 0 aliphatic rings. The van der Waals surface area contributed by atoms with E-state index in [0.717, 1.165) is 15.8 Å². The van der Waals surface area contributed by atoms with Gasteiger partial charge in [-0.2, -0.15) is 0 Å². The van der Waals surface area contributed by atoms with E-state index >= 15 is 0 Å². The zero-order chi connectivity index (χ0) is 15.2. The van der Waals surface area contributed by atoms with Crippen LogP contribution >= 0.6 is 27.7 Å². The zero-order valence-corrected chi connectivity index (χ0v) is 14.3. The molecule has 2 rings (SSSR count). The number of hydrogen-bond donors (Lipinski definition) is 1.